The van der Waals surface area contributed by atoms with Crippen molar-refractivity contribution in [2.75, 3.05) is 6.61 Å². The van der Waals surface area contributed by atoms with Crippen LogP contribution in [0, 0.1) is 0 Å². The molecule has 5 heteroatoms. The maximum absolute atomic E-state index is 11.7. The number of esters is 1. The van der Waals surface area contributed by atoms with Gasteiger partial charge in [-0.3, -0.25) is 4.68 Å². The number of nitrogens with zero attached hydrogens (tertiary/aromatic N) is 2. The van der Waals surface area contributed by atoms with Crippen molar-refractivity contribution in [3.63, 3.8) is 0 Å². The van der Waals surface area contributed by atoms with Gasteiger partial charge in [-0.2, -0.15) is 5.10 Å². The molecule has 1 rings (SSSR count). The summed E-state index contributed by atoms with van der Waals surface area (Å²) in [5, 5.41) is 4.95. The van der Waals surface area contributed by atoms with Crippen molar-refractivity contribution in [2.45, 2.75) is 37.5 Å². The Kier molecular flexibility index (Phi) is 4.02. The van der Waals surface area contributed by atoms with Crippen LogP contribution in [0.3, 0.4) is 0 Å². The van der Waals surface area contributed by atoms with Gasteiger partial charge in [-0.25, -0.2) is 4.79 Å². The molecule has 0 unspecified atom stereocenters. The van der Waals surface area contributed by atoms with E-state index in [1.165, 1.54) is 0 Å². The highest BCUT2D eigenvalue weighted by Crippen LogP contribution is 2.33. The molecule has 0 aliphatic carbocycles. The van der Waals surface area contributed by atoms with Crippen LogP contribution in [0.1, 0.15) is 38.1 Å². The van der Waals surface area contributed by atoms with Gasteiger partial charge in [0.1, 0.15) is 10.6 Å². The van der Waals surface area contributed by atoms with E-state index in [2.05, 4.69) is 25.9 Å². The van der Waals surface area contributed by atoms with Crippen LogP contribution in [0.5, 0.6) is 0 Å². The number of rotatable bonds is 3. The number of ether oxygens (including phenoxy) is 1. The Morgan fingerprint density at radius 3 is 2.69 bits per heavy atom. The monoisotopic (exact) mass is 242 g/mol. The molecular formula is C11H18N2O2S. The summed E-state index contributed by atoms with van der Waals surface area (Å²) < 4.78 is 6.74. The van der Waals surface area contributed by atoms with E-state index in [1.807, 2.05) is 7.05 Å². The first-order valence-corrected chi connectivity index (χ1v) is 6.05. The van der Waals surface area contributed by atoms with Crippen LogP contribution >= 0.6 is 11.8 Å². The molecule has 90 valence electrons. The van der Waals surface area contributed by atoms with Crippen LogP contribution in [0.4, 0.5) is 0 Å². The number of carbonyl (C=O) groups excluding carboxylic acids is 1. The zero-order valence-electron chi connectivity index (χ0n) is 10.4. The van der Waals surface area contributed by atoms with Gasteiger partial charge in [-0.15, -0.1) is 0 Å². The maximum Gasteiger partial charge on any atom is 0.342 e. The molecule has 0 amide bonds. The average Bonchev–Trinajstić information content (AvgIpc) is 2.46. The third-order valence-corrected chi connectivity index (χ3v) is 3.07. The summed E-state index contributed by atoms with van der Waals surface area (Å²) in [6, 6.07) is 0. The number of aryl methyl sites for hydroxylation is 1. The molecule has 0 fully saturated rings. The predicted molar refractivity (Wildman–Crippen MR) is 64.8 cm³/mol. The fourth-order valence-corrected chi connectivity index (χ4v) is 2.19. The Bertz CT molecular complexity index is 380. The van der Waals surface area contributed by atoms with Crippen molar-refractivity contribution < 1.29 is 9.53 Å². The quantitative estimate of drug-likeness (QED) is 0.603. The van der Waals surface area contributed by atoms with Crippen molar-refractivity contribution in [3.05, 3.63) is 11.8 Å². The number of aromatic nitrogens is 2. The lowest BCUT2D eigenvalue weighted by atomic mass is 10.3. The topological polar surface area (TPSA) is 44.1 Å². The van der Waals surface area contributed by atoms with Gasteiger partial charge in [0.15, 0.2) is 0 Å². The van der Waals surface area contributed by atoms with Crippen LogP contribution in [-0.4, -0.2) is 27.1 Å². The SMILES string of the molecule is CCOC(=O)c1cnn(C)c1SC(C)(C)C. The summed E-state index contributed by atoms with van der Waals surface area (Å²) in [6.07, 6.45) is 1.56. The molecular weight excluding hydrogens is 224 g/mol. The Balaban J connectivity index is 2.98. The first-order valence-electron chi connectivity index (χ1n) is 5.23. The van der Waals surface area contributed by atoms with E-state index >= 15 is 0 Å². The number of hydrogen-bond donors (Lipinski definition) is 0. The van der Waals surface area contributed by atoms with E-state index < -0.39 is 0 Å². The summed E-state index contributed by atoms with van der Waals surface area (Å²) in [4.78, 5) is 11.7. The van der Waals surface area contributed by atoms with Gasteiger partial charge in [-0.05, 0) is 6.92 Å². The van der Waals surface area contributed by atoms with E-state index in [1.54, 1.807) is 29.6 Å². The van der Waals surface area contributed by atoms with Gasteiger partial charge < -0.3 is 4.74 Å². The molecule has 0 N–H and O–H groups in total. The minimum Gasteiger partial charge on any atom is -0.462 e. The summed E-state index contributed by atoms with van der Waals surface area (Å²) in [6.45, 7) is 8.47. The van der Waals surface area contributed by atoms with Crippen molar-refractivity contribution in [3.8, 4) is 0 Å². The fourth-order valence-electron chi connectivity index (χ4n) is 1.19. The van der Waals surface area contributed by atoms with Crippen LogP contribution in [-0.2, 0) is 11.8 Å². The smallest absolute Gasteiger partial charge is 0.342 e. The molecule has 16 heavy (non-hydrogen) atoms. The Hall–Kier alpha value is -0.970. The molecule has 0 aromatic carbocycles. The standard InChI is InChI=1S/C11H18N2O2S/c1-6-15-10(14)8-7-12-13(5)9(8)16-11(2,3)4/h7H,6H2,1-5H3. The summed E-state index contributed by atoms with van der Waals surface area (Å²) in [5.41, 5.74) is 0.546. The Morgan fingerprint density at radius 2 is 2.19 bits per heavy atom. The van der Waals surface area contributed by atoms with E-state index in [4.69, 9.17) is 4.74 Å². The van der Waals surface area contributed by atoms with Crippen LogP contribution < -0.4 is 0 Å². The summed E-state index contributed by atoms with van der Waals surface area (Å²) in [7, 11) is 1.83. The molecule has 0 atom stereocenters. The number of thioether (sulfide) groups is 1. The van der Waals surface area contributed by atoms with Crippen molar-refractivity contribution >= 4 is 17.7 Å². The highest BCUT2D eigenvalue weighted by Gasteiger charge is 2.22. The molecule has 0 aliphatic heterocycles. The highest BCUT2D eigenvalue weighted by molar-refractivity contribution is 8.00. The molecule has 1 aromatic heterocycles. The first-order chi connectivity index (χ1) is 7.35. The lowest BCUT2D eigenvalue weighted by Crippen LogP contribution is -2.12. The minimum absolute atomic E-state index is 0.0367. The normalized spacial score (nSPS) is 11.6. The predicted octanol–water partition coefficient (Wildman–Crippen LogP) is 2.49. The molecule has 0 saturated carbocycles. The second-order valence-electron chi connectivity index (χ2n) is 4.42. The first kappa shape index (κ1) is 13.1. The number of hydrogen-bond acceptors (Lipinski definition) is 4. The summed E-state index contributed by atoms with van der Waals surface area (Å²) >= 11 is 1.61. The van der Waals surface area contributed by atoms with E-state index in [0.717, 1.165) is 5.03 Å². The zero-order chi connectivity index (χ0) is 12.3. The van der Waals surface area contributed by atoms with Crippen molar-refractivity contribution in [1.29, 1.82) is 0 Å². The molecule has 0 saturated heterocycles. The Labute approximate surface area is 100 Å². The molecule has 0 spiro atoms. The van der Waals surface area contributed by atoms with Crippen molar-refractivity contribution in [2.24, 2.45) is 7.05 Å². The van der Waals surface area contributed by atoms with Crippen LogP contribution in [0.25, 0.3) is 0 Å². The molecule has 1 heterocycles. The lowest BCUT2D eigenvalue weighted by Gasteiger charge is -2.18. The molecule has 0 aliphatic rings. The van der Waals surface area contributed by atoms with Gasteiger partial charge in [0, 0.05) is 11.8 Å². The van der Waals surface area contributed by atoms with Gasteiger partial charge >= 0.3 is 5.97 Å². The average molecular weight is 242 g/mol. The highest BCUT2D eigenvalue weighted by atomic mass is 32.2. The van der Waals surface area contributed by atoms with Crippen LogP contribution in [0.2, 0.25) is 0 Å². The maximum atomic E-state index is 11.7. The number of carbonyl (C=O) groups is 1. The third-order valence-electron chi connectivity index (χ3n) is 1.78. The third kappa shape index (κ3) is 3.27. The molecule has 4 nitrogen and oxygen atoms in total. The van der Waals surface area contributed by atoms with Crippen molar-refractivity contribution in [1.82, 2.24) is 9.78 Å². The molecule has 0 bridgehead atoms. The fraction of sp³-hybridized carbons (Fsp3) is 0.636. The van der Waals surface area contributed by atoms with E-state index in [-0.39, 0.29) is 10.7 Å². The Morgan fingerprint density at radius 1 is 1.56 bits per heavy atom. The summed E-state index contributed by atoms with van der Waals surface area (Å²) in [5.74, 6) is -0.303. The zero-order valence-corrected chi connectivity index (χ0v) is 11.2. The lowest BCUT2D eigenvalue weighted by molar-refractivity contribution is 0.0522. The van der Waals surface area contributed by atoms with Gasteiger partial charge in [0.2, 0.25) is 0 Å². The second kappa shape index (κ2) is 4.91. The molecule has 0 radical (unpaired) electrons. The minimum atomic E-state index is -0.303. The largest absolute Gasteiger partial charge is 0.462 e. The second-order valence-corrected chi connectivity index (χ2v) is 6.24. The van der Waals surface area contributed by atoms with E-state index in [9.17, 15) is 4.79 Å². The molecule has 1 aromatic rings. The van der Waals surface area contributed by atoms with Gasteiger partial charge in [-0.1, -0.05) is 32.5 Å². The van der Waals surface area contributed by atoms with Crippen LogP contribution in [0.15, 0.2) is 11.2 Å². The van der Waals surface area contributed by atoms with E-state index in [0.29, 0.717) is 12.2 Å². The van der Waals surface area contributed by atoms with Gasteiger partial charge in [0.05, 0.1) is 12.8 Å². The van der Waals surface area contributed by atoms with Gasteiger partial charge in [0.25, 0.3) is 0 Å².